The number of likely N-dealkylation sites (N-methyl/N-ethyl adjacent to an activating group) is 1. The van der Waals surface area contributed by atoms with Crippen molar-refractivity contribution in [2.75, 3.05) is 13.6 Å². The monoisotopic (exact) mass is 365 g/mol. The van der Waals surface area contributed by atoms with Crippen LogP contribution in [-0.2, 0) is 6.54 Å². The number of rotatable bonds is 5. The van der Waals surface area contributed by atoms with Crippen molar-refractivity contribution in [3.8, 4) is 0 Å². The molecule has 0 atom stereocenters. The van der Waals surface area contributed by atoms with Crippen LogP contribution in [0.1, 0.15) is 31.9 Å². The number of Topliss-reactive ketones (excluding diaryl/α,β-unsaturated/α-hetero) is 1. The molecule has 0 bridgehead atoms. The van der Waals surface area contributed by atoms with E-state index in [1.54, 1.807) is 11.3 Å². The Morgan fingerprint density at radius 1 is 1.19 bits per heavy atom. The maximum Gasteiger partial charge on any atom is 0.177 e. The van der Waals surface area contributed by atoms with Crippen LogP contribution in [0.3, 0.4) is 0 Å². The average molecular weight is 366 g/mol. The molecular formula is C17H20BrNOS. The van der Waals surface area contributed by atoms with Gasteiger partial charge in [0.25, 0.3) is 0 Å². The highest BCUT2D eigenvalue weighted by molar-refractivity contribution is 9.10. The fraction of sp³-hybridized carbons (Fsp3) is 0.353. The highest BCUT2D eigenvalue weighted by Gasteiger charge is 2.15. The minimum Gasteiger partial charge on any atom is -0.294 e. The van der Waals surface area contributed by atoms with E-state index in [0.29, 0.717) is 6.54 Å². The lowest BCUT2D eigenvalue weighted by atomic mass is 9.96. The molecular weight excluding hydrogens is 346 g/mol. The summed E-state index contributed by atoms with van der Waals surface area (Å²) >= 11 is 5.17. The zero-order valence-electron chi connectivity index (χ0n) is 12.9. The Bertz CT molecular complexity index is 640. The van der Waals surface area contributed by atoms with Crippen LogP contribution >= 0.6 is 27.3 Å². The molecule has 1 aromatic carbocycles. The van der Waals surface area contributed by atoms with Gasteiger partial charge in [-0.1, -0.05) is 17.7 Å². The van der Waals surface area contributed by atoms with Crippen molar-refractivity contribution in [3.05, 3.63) is 55.2 Å². The average Bonchev–Trinajstić information content (AvgIpc) is 2.72. The van der Waals surface area contributed by atoms with Crippen molar-refractivity contribution in [2.24, 2.45) is 0 Å². The Morgan fingerprint density at radius 3 is 2.33 bits per heavy atom. The maximum atomic E-state index is 12.6. The van der Waals surface area contributed by atoms with Crippen LogP contribution < -0.4 is 0 Å². The SMILES string of the molecule is Cc1cc(C)c(C(=O)CN(C)Cc2cc(Br)cs2)c(C)c1. The lowest BCUT2D eigenvalue weighted by Gasteiger charge is -2.17. The van der Waals surface area contributed by atoms with Gasteiger partial charge in [-0.25, -0.2) is 0 Å². The summed E-state index contributed by atoms with van der Waals surface area (Å²) in [4.78, 5) is 15.9. The van der Waals surface area contributed by atoms with E-state index in [1.807, 2.05) is 20.9 Å². The molecule has 0 N–H and O–H groups in total. The standard InChI is InChI=1S/C17H20BrNOS/c1-11-5-12(2)17(13(3)6-11)16(20)9-19(4)8-15-7-14(18)10-21-15/h5-7,10H,8-9H2,1-4H3. The Kier molecular flexibility index (Phi) is 5.36. The largest absolute Gasteiger partial charge is 0.294 e. The molecule has 0 aliphatic rings. The van der Waals surface area contributed by atoms with Crippen LogP contribution in [0.2, 0.25) is 0 Å². The van der Waals surface area contributed by atoms with E-state index in [4.69, 9.17) is 0 Å². The number of ketones is 1. The van der Waals surface area contributed by atoms with Crippen LogP contribution in [0.4, 0.5) is 0 Å². The van der Waals surface area contributed by atoms with E-state index in [2.05, 4.69) is 51.3 Å². The molecule has 0 radical (unpaired) electrons. The van der Waals surface area contributed by atoms with Crippen molar-refractivity contribution < 1.29 is 4.79 Å². The molecule has 2 rings (SSSR count). The van der Waals surface area contributed by atoms with Crippen LogP contribution in [0.25, 0.3) is 0 Å². The first-order valence-corrected chi connectivity index (χ1v) is 8.56. The van der Waals surface area contributed by atoms with Gasteiger partial charge in [0.2, 0.25) is 0 Å². The molecule has 4 heteroatoms. The topological polar surface area (TPSA) is 20.3 Å². The van der Waals surface area contributed by atoms with Crippen molar-refractivity contribution >= 4 is 33.0 Å². The second kappa shape index (κ2) is 6.86. The summed E-state index contributed by atoms with van der Waals surface area (Å²) in [5.74, 6) is 0.197. The number of hydrogen-bond donors (Lipinski definition) is 0. The molecule has 21 heavy (non-hydrogen) atoms. The van der Waals surface area contributed by atoms with E-state index in [0.717, 1.165) is 27.7 Å². The zero-order valence-corrected chi connectivity index (χ0v) is 15.3. The van der Waals surface area contributed by atoms with Crippen LogP contribution in [0, 0.1) is 20.8 Å². The van der Waals surface area contributed by atoms with E-state index in [9.17, 15) is 4.79 Å². The number of nitrogens with zero attached hydrogens (tertiary/aromatic N) is 1. The van der Waals surface area contributed by atoms with E-state index >= 15 is 0 Å². The van der Waals surface area contributed by atoms with Gasteiger partial charge < -0.3 is 0 Å². The van der Waals surface area contributed by atoms with Crippen molar-refractivity contribution in [1.82, 2.24) is 4.90 Å². The fourth-order valence-electron chi connectivity index (χ4n) is 2.70. The number of aryl methyl sites for hydroxylation is 3. The molecule has 0 aliphatic carbocycles. The van der Waals surface area contributed by atoms with Gasteiger partial charge in [0, 0.05) is 26.8 Å². The van der Waals surface area contributed by atoms with E-state index in [1.165, 1.54) is 10.4 Å². The van der Waals surface area contributed by atoms with Gasteiger partial charge in [0.05, 0.1) is 6.54 Å². The summed E-state index contributed by atoms with van der Waals surface area (Å²) in [7, 11) is 1.99. The molecule has 0 saturated heterocycles. The quantitative estimate of drug-likeness (QED) is 0.712. The van der Waals surface area contributed by atoms with Crippen LogP contribution in [-0.4, -0.2) is 24.3 Å². The number of benzene rings is 1. The second-order valence-electron chi connectivity index (χ2n) is 5.60. The molecule has 0 amide bonds. The zero-order chi connectivity index (χ0) is 15.6. The summed E-state index contributed by atoms with van der Waals surface area (Å²) in [6.07, 6.45) is 0. The first kappa shape index (κ1) is 16.4. The molecule has 0 aliphatic heterocycles. The summed E-state index contributed by atoms with van der Waals surface area (Å²) < 4.78 is 1.10. The molecule has 0 spiro atoms. The van der Waals surface area contributed by atoms with Crippen molar-refractivity contribution in [2.45, 2.75) is 27.3 Å². The van der Waals surface area contributed by atoms with Crippen LogP contribution in [0.15, 0.2) is 28.1 Å². The Morgan fingerprint density at radius 2 is 1.81 bits per heavy atom. The summed E-state index contributed by atoms with van der Waals surface area (Å²) in [5, 5.41) is 2.07. The number of halogens is 1. The third-order valence-corrected chi connectivity index (χ3v) is 5.10. The predicted molar refractivity (Wildman–Crippen MR) is 93.3 cm³/mol. The van der Waals surface area contributed by atoms with E-state index in [-0.39, 0.29) is 5.78 Å². The number of carbonyl (C=O) groups is 1. The van der Waals surface area contributed by atoms with E-state index < -0.39 is 0 Å². The first-order valence-electron chi connectivity index (χ1n) is 6.89. The molecule has 0 saturated carbocycles. The van der Waals surface area contributed by atoms with Gasteiger partial charge in [-0.3, -0.25) is 9.69 Å². The van der Waals surface area contributed by atoms with Gasteiger partial charge in [0.15, 0.2) is 5.78 Å². The normalized spacial score (nSPS) is 11.1. The molecule has 2 nitrogen and oxygen atoms in total. The Balaban J connectivity index is 2.07. The molecule has 1 heterocycles. The smallest absolute Gasteiger partial charge is 0.177 e. The van der Waals surface area contributed by atoms with Gasteiger partial charge >= 0.3 is 0 Å². The lowest BCUT2D eigenvalue weighted by Crippen LogP contribution is -2.26. The fourth-order valence-corrected chi connectivity index (χ4v) is 4.23. The molecule has 0 unspecified atom stereocenters. The first-order chi connectivity index (χ1) is 9.86. The number of carbonyl (C=O) groups excluding carboxylic acids is 1. The lowest BCUT2D eigenvalue weighted by molar-refractivity contribution is 0.0942. The third kappa shape index (κ3) is 4.25. The number of hydrogen-bond acceptors (Lipinski definition) is 3. The highest BCUT2D eigenvalue weighted by atomic mass is 79.9. The van der Waals surface area contributed by atoms with Crippen LogP contribution in [0.5, 0.6) is 0 Å². The van der Waals surface area contributed by atoms with Crippen molar-refractivity contribution in [1.29, 1.82) is 0 Å². The van der Waals surface area contributed by atoms with Gasteiger partial charge in [0.1, 0.15) is 0 Å². The second-order valence-corrected chi connectivity index (χ2v) is 7.51. The summed E-state index contributed by atoms with van der Waals surface area (Å²) in [5.41, 5.74) is 4.23. The third-order valence-electron chi connectivity index (χ3n) is 3.42. The summed E-state index contributed by atoms with van der Waals surface area (Å²) in [6, 6.07) is 6.27. The Hall–Kier alpha value is -0.970. The molecule has 2 aromatic rings. The highest BCUT2D eigenvalue weighted by Crippen LogP contribution is 2.21. The molecule has 0 fully saturated rings. The minimum absolute atomic E-state index is 0.197. The van der Waals surface area contributed by atoms with Crippen molar-refractivity contribution in [3.63, 3.8) is 0 Å². The van der Waals surface area contributed by atoms with Gasteiger partial charge in [-0.15, -0.1) is 11.3 Å². The molecule has 1 aromatic heterocycles. The van der Waals surface area contributed by atoms with Gasteiger partial charge in [-0.05, 0) is 60.9 Å². The summed E-state index contributed by atoms with van der Waals surface area (Å²) in [6.45, 7) is 7.34. The molecule has 112 valence electrons. The maximum absolute atomic E-state index is 12.6. The van der Waals surface area contributed by atoms with Gasteiger partial charge in [-0.2, -0.15) is 0 Å². The Labute approximate surface area is 138 Å². The number of thiophene rings is 1. The minimum atomic E-state index is 0.197. The predicted octanol–water partition coefficient (Wildman–Crippen LogP) is 4.75.